The average molecular weight is 435 g/mol. The van der Waals surface area contributed by atoms with Crippen LogP contribution in [0, 0.1) is 19.8 Å². The molecule has 31 heavy (non-hydrogen) atoms. The van der Waals surface area contributed by atoms with Gasteiger partial charge in [-0.2, -0.15) is 0 Å². The number of hydrogen-bond acceptors (Lipinski definition) is 2. The normalized spacial score (nSPS) is 12.6. The Labute approximate surface area is 203 Å². The summed E-state index contributed by atoms with van der Waals surface area (Å²) in [5.74, 6) is 1.52. The van der Waals surface area contributed by atoms with Gasteiger partial charge >= 0.3 is 18.9 Å². The van der Waals surface area contributed by atoms with E-state index in [1.807, 2.05) is 24.3 Å². The minimum absolute atomic E-state index is 0. The van der Waals surface area contributed by atoms with Gasteiger partial charge in [-0.1, -0.05) is 78.1 Å². The monoisotopic (exact) mass is 434 g/mol. The number of carbonyl (C=O) groups excluding carboxylic acids is 1. The topological polar surface area (TPSA) is 26.3 Å². The van der Waals surface area contributed by atoms with Gasteiger partial charge in [0.15, 0.2) is 5.52 Å². The number of unbranched alkanes of at least 4 members (excludes halogenated alkanes) is 1. The number of aryl methyl sites for hydroxylation is 2. The Kier molecular flexibility index (Phi) is 11.6. The third kappa shape index (κ3) is 8.42. The Balaban J connectivity index is 0.00000480. The maximum atomic E-state index is 13.0. The maximum absolute atomic E-state index is 13.0. The second kappa shape index (κ2) is 12.8. The third-order valence-electron chi connectivity index (χ3n) is 5.77. The summed E-state index contributed by atoms with van der Waals surface area (Å²) in [6, 6.07) is 12.4. The summed E-state index contributed by atoms with van der Waals surface area (Å²) < 4.78 is 6.00. The molecule has 0 aliphatic carbocycles. The molecule has 0 saturated carbocycles. The SMILES string of the molecule is CCCCC(CC)COc1ccc(PC(=O)c2c(C)cc(C(C)(C)C)cc2C)cc1.[LiH]. The molecule has 0 aliphatic heterocycles. The van der Waals surface area contributed by atoms with Crippen molar-refractivity contribution in [2.45, 2.75) is 79.6 Å². The van der Waals surface area contributed by atoms with Crippen molar-refractivity contribution in [3.05, 3.63) is 58.7 Å². The van der Waals surface area contributed by atoms with Gasteiger partial charge in [-0.15, -0.1) is 0 Å². The molecule has 2 atom stereocenters. The van der Waals surface area contributed by atoms with Crippen LogP contribution in [0.1, 0.15) is 87.4 Å². The molecule has 0 aromatic heterocycles. The first kappa shape index (κ1) is 28.0. The molecule has 0 N–H and O–H groups in total. The van der Waals surface area contributed by atoms with Crippen LogP contribution in [0.15, 0.2) is 36.4 Å². The predicted octanol–water partition coefficient (Wildman–Crippen LogP) is 6.69. The molecule has 166 valence electrons. The van der Waals surface area contributed by atoms with Gasteiger partial charge in [0.2, 0.25) is 0 Å². The van der Waals surface area contributed by atoms with Crippen molar-refractivity contribution in [2.75, 3.05) is 6.61 Å². The van der Waals surface area contributed by atoms with Gasteiger partial charge in [0.1, 0.15) is 5.75 Å². The molecule has 0 fully saturated rings. The molecule has 0 bridgehead atoms. The summed E-state index contributed by atoms with van der Waals surface area (Å²) in [6.45, 7) is 16.0. The van der Waals surface area contributed by atoms with Gasteiger partial charge in [-0.05, 0) is 74.3 Å². The van der Waals surface area contributed by atoms with E-state index in [1.54, 1.807) is 0 Å². The van der Waals surface area contributed by atoms with Crippen LogP contribution in [0.25, 0.3) is 0 Å². The molecule has 2 aromatic rings. The average Bonchev–Trinajstić information content (AvgIpc) is 2.68. The minimum atomic E-state index is 0. The van der Waals surface area contributed by atoms with Crippen molar-refractivity contribution < 1.29 is 9.53 Å². The van der Waals surface area contributed by atoms with Crippen molar-refractivity contribution in [3.63, 3.8) is 0 Å². The van der Waals surface area contributed by atoms with E-state index in [0.29, 0.717) is 5.92 Å². The second-order valence-corrected chi connectivity index (χ2v) is 10.7. The number of benzene rings is 2. The molecule has 2 rings (SSSR count). The third-order valence-corrected chi connectivity index (χ3v) is 6.87. The second-order valence-electron chi connectivity index (χ2n) is 9.44. The Bertz CT molecular complexity index is 814. The van der Waals surface area contributed by atoms with Crippen molar-refractivity contribution in [1.29, 1.82) is 0 Å². The van der Waals surface area contributed by atoms with E-state index in [2.05, 4.69) is 60.6 Å². The van der Waals surface area contributed by atoms with Gasteiger partial charge in [0, 0.05) is 5.56 Å². The molecule has 0 saturated heterocycles. The van der Waals surface area contributed by atoms with Gasteiger partial charge in [-0.25, -0.2) is 0 Å². The molecule has 0 spiro atoms. The van der Waals surface area contributed by atoms with E-state index in [-0.39, 0.29) is 38.4 Å². The molecule has 2 aromatic carbocycles. The summed E-state index contributed by atoms with van der Waals surface area (Å²) in [5.41, 5.74) is 4.61. The van der Waals surface area contributed by atoms with Gasteiger partial charge in [0.05, 0.1) is 6.61 Å². The van der Waals surface area contributed by atoms with Crippen LogP contribution in [0.3, 0.4) is 0 Å². The summed E-state index contributed by atoms with van der Waals surface area (Å²) in [7, 11) is 0.131. The zero-order chi connectivity index (χ0) is 22.3. The zero-order valence-electron chi connectivity index (χ0n) is 19.9. The van der Waals surface area contributed by atoms with Crippen molar-refractivity contribution in [2.24, 2.45) is 5.92 Å². The number of hydrogen-bond donors (Lipinski definition) is 0. The Hall–Kier alpha value is -1.06. The molecular formula is C27H40LiO2P. The Morgan fingerprint density at radius 2 is 1.61 bits per heavy atom. The van der Waals surface area contributed by atoms with E-state index >= 15 is 0 Å². The first-order chi connectivity index (χ1) is 14.2. The fourth-order valence-corrected chi connectivity index (χ4v) is 4.81. The van der Waals surface area contributed by atoms with Crippen LogP contribution in [0.5, 0.6) is 5.75 Å². The standard InChI is InChI=1S/C27H39O2P.Li.H/c1-8-10-11-21(9-2)18-29-23-12-14-24(15-13-23)30-26(28)25-19(3)16-22(17-20(25)4)27(5,6)7;;/h12-17,21,30H,8-11,18H2,1-7H3;;. The van der Waals surface area contributed by atoms with Crippen LogP contribution in [-0.2, 0) is 5.41 Å². The number of rotatable bonds is 10. The van der Waals surface area contributed by atoms with E-state index in [1.165, 1.54) is 24.8 Å². The number of carbonyl (C=O) groups is 1. The summed E-state index contributed by atoms with van der Waals surface area (Å²) in [5, 5.41) is 1.06. The summed E-state index contributed by atoms with van der Waals surface area (Å²) in [6.07, 6.45) is 4.88. The van der Waals surface area contributed by atoms with Crippen LogP contribution < -0.4 is 10.0 Å². The molecular weight excluding hydrogens is 394 g/mol. The Morgan fingerprint density at radius 1 is 1.03 bits per heavy atom. The molecule has 4 heteroatoms. The zero-order valence-corrected chi connectivity index (χ0v) is 20.9. The van der Waals surface area contributed by atoms with Crippen molar-refractivity contribution in [3.8, 4) is 5.75 Å². The van der Waals surface area contributed by atoms with E-state index in [0.717, 1.165) is 40.8 Å². The fraction of sp³-hybridized carbons (Fsp3) is 0.519. The molecule has 0 heterocycles. The molecule has 2 nitrogen and oxygen atoms in total. The van der Waals surface area contributed by atoms with E-state index in [4.69, 9.17) is 4.74 Å². The first-order valence-corrected chi connectivity index (χ1v) is 12.3. The number of ether oxygens (including phenoxy) is 1. The van der Waals surface area contributed by atoms with Crippen LogP contribution in [0.2, 0.25) is 0 Å². The molecule has 0 amide bonds. The van der Waals surface area contributed by atoms with Gasteiger partial charge < -0.3 is 4.74 Å². The summed E-state index contributed by atoms with van der Waals surface area (Å²) in [4.78, 5) is 13.0. The van der Waals surface area contributed by atoms with Crippen LogP contribution in [-0.4, -0.2) is 31.0 Å². The van der Waals surface area contributed by atoms with E-state index < -0.39 is 0 Å². The quantitative estimate of drug-likeness (QED) is 0.307. The van der Waals surface area contributed by atoms with Crippen LogP contribution >= 0.6 is 8.58 Å². The van der Waals surface area contributed by atoms with Gasteiger partial charge in [0.25, 0.3) is 0 Å². The summed E-state index contributed by atoms with van der Waals surface area (Å²) >= 11 is 0. The van der Waals surface area contributed by atoms with Crippen LogP contribution in [0.4, 0.5) is 0 Å². The molecule has 0 radical (unpaired) electrons. The van der Waals surface area contributed by atoms with Crippen molar-refractivity contribution in [1.82, 2.24) is 0 Å². The predicted molar refractivity (Wildman–Crippen MR) is 139 cm³/mol. The van der Waals surface area contributed by atoms with Gasteiger partial charge in [-0.3, -0.25) is 4.79 Å². The Morgan fingerprint density at radius 3 is 2.10 bits per heavy atom. The van der Waals surface area contributed by atoms with Crippen molar-refractivity contribution >= 4 is 38.3 Å². The first-order valence-electron chi connectivity index (χ1n) is 11.3. The van der Waals surface area contributed by atoms with E-state index in [9.17, 15) is 4.79 Å². The molecule has 2 unspecified atom stereocenters. The molecule has 0 aliphatic rings. The fourth-order valence-electron chi connectivity index (χ4n) is 3.69.